The molecule has 0 spiro atoms. The van der Waals surface area contributed by atoms with Gasteiger partial charge in [0.15, 0.2) is 0 Å². The summed E-state index contributed by atoms with van der Waals surface area (Å²) in [6, 6.07) is 0. The monoisotopic (exact) mass is 363 g/mol. The second-order valence-electron chi connectivity index (χ2n) is 6.62. The molecule has 1 fully saturated rings. The van der Waals surface area contributed by atoms with Crippen LogP contribution >= 0.6 is 0 Å². The Bertz CT molecular complexity index is 380. The molecule has 25 heavy (non-hydrogen) atoms. The van der Waals surface area contributed by atoms with E-state index in [9.17, 15) is 25.2 Å². The number of rotatable bonds is 11. The number of unbranched alkanes of at least 4 members (excludes halogenated alkanes) is 3. The number of aliphatic hydroxyl groups excluding tert-OH is 5. The van der Waals surface area contributed by atoms with Crippen molar-refractivity contribution in [1.82, 2.24) is 5.32 Å². The van der Waals surface area contributed by atoms with Gasteiger partial charge in [-0.3, -0.25) is 4.79 Å². The van der Waals surface area contributed by atoms with E-state index in [0.29, 0.717) is 13.0 Å². The van der Waals surface area contributed by atoms with Crippen molar-refractivity contribution >= 4 is 5.91 Å². The lowest BCUT2D eigenvalue weighted by molar-refractivity contribution is -0.240. The van der Waals surface area contributed by atoms with Crippen molar-refractivity contribution < 1.29 is 35.1 Å². The third kappa shape index (κ3) is 6.47. The van der Waals surface area contributed by atoms with Crippen LogP contribution in [0, 0.1) is 5.92 Å². The summed E-state index contributed by atoms with van der Waals surface area (Å²) in [5.41, 5.74) is 0. The standard InChI is InChI=1S/C17H33NO7/c1-2-3-4-5-8-18-17(24)11(7-6-9-19)16-15(23)14(22)13(21)12(10-20)25-16/h11-16,19-23H,2-10H2,1H3,(H,18,24)/t11?,12-,13+,14+,15-,16?/m1/s1. The van der Waals surface area contributed by atoms with Crippen molar-refractivity contribution in [2.24, 2.45) is 5.92 Å². The van der Waals surface area contributed by atoms with Gasteiger partial charge in [-0.1, -0.05) is 26.2 Å². The molecule has 6 N–H and O–H groups in total. The number of aliphatic hydroxyl groups is 5. The average molecular weight is 363 g/mol. The van der Waals surface area contributed by atoms with Crippen LogP contribution in [0.4, 0.5) is 0 Å². The fourth-order valence-corrected chi connectivity index (χ4v) is 3.11. The molecule has 0 saturated carbocycles. The van der Waals surface area contributed by atoms with Crippen molar-refractivity contribution in [2.75, 3.05) is 19.8 Å². The van der Waals surface area contributed by atoms with Crippen LogP contribution in [0.15, 0.2) is 0 Å². The Morgan fingerprint density at radius 3 is 2.36 bits per heavy atom. The molecule has 148 valence electrons. The highest BCUT2D eigenvalue weighted by Gasteiger charge is 2.47. The third-order valence-corrected chi connectivity index (χ3v) is 4.67. The van der Waals surface area contributed by atoms with E-state index in [1.54, 1.807) is 0 Å². The number of amides is 1. The molecular formula is C17H33NO7. The highest BCUT2D eigenvalue weighted by atomic mass is 16.5. The molecule has 1 aliphatic rings. The average Bonchev–Trinajstić information content (AvgIpc) is 2.61. The smallest absolute Gasteiger partial charge is 0.225 e. The lowest BCUT2D eigenvalue weighted by atomic mass is 9.85. The number of carbonyl (C=O) groups excluding carboxylic acids is 1. The molecule has 0 bridgehead atoms. The normalized spacial score (nSPS) is 30.9. The van der Waals surface area contributed by atoms with E-state index >= 15 is 0 Å². The summed E-state index contributed by atoms with van der Waals surface area (Å²) in [7, 11) is 0. The van der Waals surface area contributed by atoms with Crippen LogP contribution in [-0.2, 0) is 9.53 Å². The first-order valence-electron chi connectivity index (χ1n) is 9.17. The minimum Gasteiger partial charge on any atom is -0.396 e. The number of carbonyl (C=O) groups is 1. The molecule has 0 aromatic carbocycles. The third-order valence-electron chi connectivity index (χ3n) is 4.67. The van der Waals surface area contributed by atoms with Crippen LogP contribution < -0.4 is 5.32 Å². The lowest BCUT2D eigenvalue weighted by Crippen LogP contribution is -2.61. The van der Waals surface area contributed by atoms with Gasteiger partial charge in [-0.2, -0.15) is 0 Å². The molecule has 1 amide bonds. The van der Waals surface area contributed by atoms with Crippen LogP contribution in [0.5, 0.6) is 0 Å². The predicted molar refractivity (Wildman–Crippen MR) is 90.7 cm³/mol. The van der Waals surface area contributed by atoms with Crippen LogP contribution in [-0.4, -0.2) is 81.7 Å². The first kappa shape index (κ1) is 22.3. The van der Waals surface area contributed by atoms with Gasteiger partial charge < -0.3 is 35.6 Å². The molecule has 8 heteroatoms. The van der Waals surface area contributed by atoms with E-state index < -0.39 is 43.0 Å². The van der Waals surface area contributed by atoms with Gasteiger partial charge in [0.25, 0.3) is 0 Å². The number of ether oxygens (including phenoxy) is 1. The minimum atomic E-state index is -1.51. The van der Waals surface area contributed by atoms with Crippen molar-refractivity contribution in [1.29, 1.82) is 0 Å². The first-order chi connectivity index (χ1) is 12.0. The fourth-order valence-electron chi connectivity index (χ4n) is 3.11. The Kier molecular flexibility index (Phi) is 10.5. The van der Waals surface area contributed by atoms with Crippen LogP contribution in [0.2, 0.25) is 0 Å². The maximum absolute atomic E-state index is 12.5. The molecule has 1 rings (SSSR count). The molecule has 1 heterocycles. The van der Waals surface area contributed by atoms with Crippen molar-refractivity contribution in [2.45, 2.75) is 76.0 Å². The molecule has 0 aromatic rings. The molecule has 0 radical (unpaired) electrons. The highest BCUT2D eigenvalue weighted by molar-refractivity contribution is 5.79. The Labute approximate surface area is 148 Å². The van der Waals surface area contributed by atoms with E-state index in [-0.39, 0.29) is 18.9 Å². The van der Waals surface area contributed by atoms with E-state index in [4.69, 9.17) is 9.84 Å². The molecule has 1 saturated heterocycles. The topological polar surface area (TPSA) is 139 Å². The summed E-state index contributed by atoms with van der Waals surface area (Å²) in [6.07, 6.45) is -1.87. The maximum atomic E-state index is 12.5. The second-order valence-corrected chi connectivity index (χ2v) is 6.62. The highest BCUT2D eigenvalue weighted by Crippen LogP contribution is 2.28. The van der Waals surface area contributed by atoms with Gasteiger partial charge in [0.2, 0.25) is 5.91 Å². The van der Waals surface area contributed by atoms with Crippen molar-refractivity contribution in [3.63, 3.8) is 0 Å². The SMILES string of the molecule is CCCCCCNC(=O)C(CCCO)C1O[C@H](CO)[C@H](O)[C@H](O)[C@H]1O. The summed E-state index contributed by atoms with van der Waals surface area (Å²) in [6.45, 7) is 1.96. The van der Waals surface area contributed by atoms with Crippen molar-refractivity contribution in [3.8, 4) is 0 Å². The summed E-state index contributed by atoms with van der Waals surface area (Å²) < 4.78 is 5.50. The van der Waals surface area contributed by atoms with Gasteiger partial charge in [-0.25, -0.2) is 0 Å². The maximum Gasteiger partial charge on any atom is 0.225 e. The predicted octanol–water partition coefficient (Wildman–Crippen LogP) is -1.09. The lowest BCUT2D eigenvalue weighted by Gasteiger charge is -2.42. The zero-order valence-corrected chi connectivity index (χ0v) is 14.9. The zero-order valence-electron chi connectivity index (χ0n) is 14.9. The molecule has 6 atom stereocenters. The van der Waals surface area contributed by atoms with Gasteiger partial charge in [0.1, 0.15) is 24.4 Å². The summed E-state index contributed by atoms with van der Waals surface area (Å²) in [4.78, 5) is 12.5. The van der Waals surface area contributed by atoms with Crippen LogP contribution in [0.3, 0.4) is 0 Å². The Balaban J connectivity index is 2.73. The van der Waals surface area contributed by atoms with Gasteiger partial charge in [0.05, 0.1) is 18.6 Å². The fraction of sp³-hybridized carbons (Fsp3) is 0.941. The number of hydrogen-bond donors (Lipinski definition) is 6. The molecular weight excluding hydrogens is 330 g/mol. The van der Waals surface area contributed by atoms with Crippen LogP contribution in [0.1, 0.15) is 45.4 Å². The largest absolute Gasteiger partial charge is 0.396 e. The summed E-state index contributed by atoms with van der Waals surface area (Å²) >= 11 is 0. The van der Waals surface area contributed by atoms with E-state index in [0.717, 1.165) is 25.7 Å². The van der Waals surface area contributed by atoms with Crippen LogP contribution in [0.25, 0.3) is 0 Å². The molecule has 2 unspecified atom stereocenters. The van der Waals surface area contributed by atoms with E-state index in [2.05, 4.69) is 12.2 Å². The summed E-state index contributed by atoms with van der Waals surface area (Å²) in [5, 5.41) is 51.2. The molecule has 1 aliphatic heterocycles. The molecule has 8 nitrogen and oxygen atoms in total. The van der Waals surface area contributed by atoms with Gasteiger partial charge in [-0.15, -0.1) is 0 Å². The first-order valence-corrected chi connectivity index (χ1v) is 9.17. The Morgan fingerprint density at radius 2 is 1.76 bits per heavy atom. The summed E-state index contributed by atoms with van der Waals surface area (Å²) in [5.74, 6) is -1.11. The minimum absolute atomic E-state index is 0.113. The van der Waals surface area contributed by atoms with Crippen molar-refractivity contribution in [3.05, 3.63) is 0 Å². The van der Waals surface area contributed by atoms with Gasteiger partial charge in [0, 0.05) is 13.2 Å². The zero-order chi connectivity index (χ0) is 18.8. The van der Waals surface area contributed by atoms with E-state index in [1.807, 2.05) is 0 Å². The molecule has 0 aromatic heterocycles. The van der Waals surface area contributed by atoms with Gasteiger partial charge >= 0.3 is 0 Å². The Morgan fingerprint density at radius 1 is 1.04 bits per heavy atom. The second kappa shape index (κ2) is 11.8. The quantitative estimate of drug-likeness (QED) is 0.256. The number of hydrogen-bond acceptors (Lipinski definition) is 7. The number of nitrogens with one attached hydrogen (secondary N) is 1. The van der Waals surface area contributed by atoms with Gasteiger partial charge in [-0.05, 0) is 19.3 Å². The molecule has 0 aliphatic carbocycles. The Hall–Kier alpha value is -0.770. The van der Waals surface area contributed by atoms with E-state index in [1.165, 1.54) is 0 Å².